The van der Waals surface area contributed by atoms with E-state index < -0.39 is 0 Å². The maximum absolute atomic E-state index is 5.52. The number of rotatable bonds is 6. The summed E-state index contributed by atoms with van der Waals surface area (Å²) in [5.74, 6) is 0. The minimum absolute atomic E-state index is 0.830. The average molecular weight is 282 g/mol. The third-order valence-corrected chi connectivity index (χ3v) is 4.97. The van der Waals surface area contributed by atoms with E-state index in [1.54, 1.807) is 0 Å². The van der Waals surface area contributed by atoms with Crippen molar-refractivity contribution in [3.63, 3.8) is 0 Å². The van der Waals surface area contributed by atoms with Crippen LogP contribution in [0.25, 0.3) is 0 Å². The van der Waals surface area contributed by atoms with E-state index in [9.17, 15) is 0 Å². The molecule has 0 aliphatic carbocycles. The van der Waals surface area contributed by atoms with Crippen molar-refractivity contribution < 1.29 is 0 Å². The molecule has 1 aromatic heterocycles. The second kappa shape index (κ2) is 7.22. The highest BCUT2D eigenvalue weighted by atomic mass is 32.1. The zero-order valence-electron chi connectivity index (χ0n) is 12.2. The average Bonchev–Trinajstić information content (AvgIpc) is 2.76. The Bertz CT molecular complexity index is 363. The molecule has 0 saturated carbocycles. The largest absolute Gasteiger partial charge is 0.346 e. The quantitative estimate of drug-likeness (QED) is 0.811. The van der Waals surface area contributed by atoms with Gasteiger partial charge < -0.3 is 10.6 Å². The van der Waals surface area contributed by atoms with Gasteiger partial charge in [-0.2, -0.15) is 0 Å². The summed E-state index contributed by atoms with van der Waals surface area (Å²) in [6.45, 7) is 10.9. The fourth-order valence-corrected chi connectivity index (χ4v) is 3.37. The number of hydrogen-bond donors (Lipinski definition) is 1. The highest BCUT2D eigenvalue weighted by Crippen LogP contribution is 2.25. The van der Waals surface area contributed by atoms with Crippen LogP contribution < -0.4 is 10.6 Å². The molecule has 5 heteroatoms. The zero-order chi connectivity index (χ0) is 13.7. The van der Waals surface area contributed by atoms with E-state index in [-0.39, 0.29) is 0 Å². The summed E-state index contributed by atoms with van der Waals surface area (Å²) in [5.41, 5.74) is 6.70. The molecule has 108 valence electrons. The standard InChI is InChI=1S/C14H26N4S/c1-12-13(2)19-14(16-12)18-10-8-17(9-11-18)7-5-3-4-6-15/h3-11,15H2,1-2H3. The van der Waals surface area contributed by atoms with Gasteiger partial charge in [0.25, 0.3) is 0 Å². The molecule has 2 heterocycles. The van der Waals surface area contributed by atoms with Gasteiger partial charge in [0.2, 0.25) is 0 Å². The van der Waals surface area contributed by atoms with Gasteiger partial charge in [-0.15, -0.1) is 11.3 Å². The van der Waals surface area contributed by atoms with Gasteiger partial charge in [0, 0.05) is 31.1 Å². The van der Waals surface area contributed by atoms with Crippen LogP contribution in [-0.2, 0) is 0 Å². The van der Waals surface area contributed by atoms with E-state index in [1.165, 1.54) is 48.2 Å². The van der Waals surface area contributed by atoms with Crippen molar-refractivity contribution >= 4 is 16.5 Å². The molecular weight excluding hydrogens is 256 g/mol. The Morgan fingerprint density at radius 1 is 1.11 bits per heavy atom. The lowest BCUT2D eigenvalue weighted by molar-refractivity contribution is 0.252. The molecule has 0 bridgehead atoms. The number of aromatic nitrogens is 1. The minimum Gasteiger partial charge on any atom is -0.346 e. The predicted octanol–water partition coefficient (Wildman–Crippen LogP) is 2.01. The predicted molar refractivity (Wildman–Crippen MR) is 83.1 cm³/mol. The number of nitrogens with zero attached hydrogens (tertiary/aromatic N) is 3. The van der Waals surface area contributed by atoms with Crippen LogP contribution in [0.4, 0.5) is 5.13 Å². The van der Waals surface area contributed by atoms with E-state index >= 15 is 0 Å². The van der Waals surface area contributed by atoms with Gasteiger partial charge in [0.15, 0.2) is 5.13 Å². The van der Waals surface area contributed by atoms with Crippen molar-refractivity contribution in [2.75, 3.05) is 44.2 Å². The van der Waals surface area contributed by atoms with Gasteiger partial charge in [0.05, 0.1) is 5.69 Å². The van der Waals surface area contributed by atoms with Gasteiger partial charge in [-0.05, 0) is 39.8 Å². The molecule has 0 radical (unpaired) electrons. The number of hydrogen-bond acceptors (Lipinski definition) is 5. The Morgan fingerprint density at radius 3 is 2.42 bits per heavy atom. The summed E-state index contributed by atoms with van der Waals surface area (Å²) in [5, 5.41) is 1.21. The highest BCUT2D eigenvalue weighted by molar-refractivity contribution is 7.15. The van der Waals surface area contributed by atoms with Crippen LogP contribution in [0.3, 0.4) is 0 Å². The summed E-state index contributed by atoms with van der Waals surface area (Å²) >= 11 is 1.83. The van der Waals surface area contributed by atoms with Crippen molar-refractivity contribution in [2.45, 2.75) is 33.1 Å². The number of piperazine rings is 1. The lowest BCUT2D eigenvalue weighted by Gasteiger charge is -2.34. The highest BCUT2D eigenvalue weighted by Gasteiger charge is 2.19. The SMILES string of the molecule is Cc1nc(N2CCN(CCCCCN)CC2)sc1C. The van der Waals surface area contributed by atoms with Crippen LogP contribution in [0.15, 0.2) is 0 Å². The maximum atomic E-state index is 5.52. The topological polar surface area (TPSA) is 45.4 Å². The van der Waals surface area contributed by atoms with Gasteiger partial charge in [-0.25, -0.2) is 4.98 Å². The normalized spacial score (nSPS) is 17.1. The number of thiazole rings is 1. The van der Waals surface area contributed by atoms with Crippen LogP contribution in [0.2, 0.25) is 0 Å². The molecule has 19 heavy (non-hydrogen) atoms. The minimum atomic E-state index is 0.830. The molecule has 1 fully saturated rings. The summed E-state index contributed by atoms with van der Waals surface area (Å²) < 4.78 is 0. The number of aryl methyl sites for hydroxylation is 2. The Labute approximate surface area is 120 Å². The summed E-state index contributed by atoms with van der Waals surface area (Å²) in [6.07, 6.45) is 3.71. The second-order valence-corrected chi connectivity index (χ2v) is 6.50. The van der Waals surface area contributed by atoms with Crippen molar-refractivity contribution in [3.05, 3.63) is 10.6 Å². The summed E-state index contributed by atoms with van der Waals surface area (Å²) in [6, 6.07) is 0. The van der Waals surface area contributed by atoms with E-state index in [0.717, 1.165) is 26.1 Å². The van der Waals surface area contributed by atoms with E-state index in [1.807, 2.05) is 11.3 Å². The molecule has 1 aromatic rings. The van der Waals surface area contributed by atoms with Gasteiger partial charge >= 0.3 is 0 Å². The van der Waals surface area contributed by atoms with Crippen LogP contribution >= 0.6 is 11.3 Å². The fraction of sp³-hybridized carbons (Fsp3) is 0.786. The third kappa shape index (κ3) is 4.16. The van der Waals surface area contributed by atoms with Crippen LogP contribution in [0, 0.1) is 13.8 Å². The molecule has 0 atom stereocenters. The van der Waals surface area contributed by atoms with Gasteiger partial charge in [-0.3, -0.25) is 4.90 Å². The Hall–Kier alpha value is -0.650. The molecule has 1 aliphatic rings. The van der Waals surface area contributed by atoms with Gasteiger partial charge in [0.1, 0.15) is 0 Å². The lowest BCUT2D eigenvalue weighted by Crippen LogP contribution is -2.46. The molecule has 0 unspecified atom stereocenters. The monoisotopic (exact) mass is 282 g/mol. The van der Waals surface area contributed by atoms with Crippen molar-refractivity contribution in [2.24, 2.45) is 5.73 Å². The Morgan fingerprint density at radius 2 is 1.84 bits per heavy atom. The van der Waals surface area contributed by atoms with Crippen molar-refractivity contribution in [3.8, 4) is 0 Å². The molecule has 2 rings (SSSR count). The van der Waals surface area contributed by atoms with E-state index in [0.29, 0.717) is 0 Å². The lowest BCUT2D eigenvalue weighted by atomic mass is 10.2. The first-order chi connectivity index (χ1) is 9.20. The van der Waals surface area contributed by atoms with Crippen molar-refractivity contribution in [1.29, 1.82) is 0 Å². The van der Waals surface area contributed by atoms with Gasteiger partial charge in [-0.1, -0.05) is 6.42 Å². The van der Waals surface area contributed by atoms with Crippen LogP contribution in [0.1, 0.15) is 29.8 Å². The number of anilines is 1. The second-order valence-electron chi connectivity index (χ2n) is 5.32. The fourth-order valence-electron chi connectivity index (χ4n) is 2.41. The van der Waals surface area contributed by atoms with Crippen molar-refractivity contribution in [1.82, 2.24) is 9.88 Å². The van der Waals surface area contributed by atoms with Crippen LogP contribution in [-0.4, -0.2) is 49.2 Å². The first-order valence-corrected chi connectivity index (χ1v) is 8.13. The molecule has 0 aromatic carbocycles. The molecular formula is C14H26N4S. The molecule has 0 spiro atoms. The third-order valence-electron chi connectivity index (χ3n) is 3.84. The first-order valence-electron chi connectivity index (χ1n) is 7.32. The number of nitrogens with two attached hydrogens (primary N) is 1. The smallest absolute Gasteiger partial charge is 0.185 e. The number of unbranched alkanes of at least 4 members (excludes halogenated alkanes) is 2. The Kier molecular flexibility index (Phi) is 5.60. The molecule has 1 saturated heterocycles. The molecule has 0 amide bonds. The van der Waals surface area contributed by atoms with Crippen LogP contribution in [0.5, 0.6) is 0 Å². The molecule has 1 aliphatic heterocycles. The summed E-state index contributed by atoms with van der Waals surface area (Å²) in [7, 11) is 0. The van der Waals surface area contributed by atoms with E-state index in [2.05, 4.69) is 28.6 Å². The molecule has 4 nitrogen and oxygen atoms in total. The first kappa shape index (κ1) is 14.8. The Balaban J connectivity index is 1.73. The molecule has 2 N–H and O–H groups in total. The van der Waals surface area contributed by atoms with E-state index in [4.69, 9.17) is 5.73 Å². The maximum Gasteiger partial charge on any atom is 0.185 e. The zero-order valence-corrected chi connectivity index (χ0v) is 13.0. The summed E-state index contributed by atoms with van der Waals surface area (Å²) in [4.78, 5) is 11.0.